The highest BCUT2D eigenvalue weighted by atomic mass is 35.5. The van der Waals surface area contributed by atoms with Crippen LogP contribution in [0.5, 0.6) is 5.75 Å². The lowest BCUT2D eigenvalue weighted by molar-refractivity contribution is -0.132. The van der Waals surface area contributed by atoms with Crippen LogP contribution in [0.4, 0.5) is 11.4 Å². The highest BCUT2D eigenvalue weighted by Crippen LogP contribution is 2.43. The van der Waals surface area contributed by atoms with Crippen LogP contribution in [0.15, 0.2) is 72.6 Å². The Balaban J connectivity index is 1.70. The highest BCUT2D eigenvalue weighted by molar-refractivity contribution is 6.51. The van der Waals surface area contributed by atoms with Gasteiger partial charge in [0.25, 0.3) is 11.7 Å². The van der Waals surface area contributed by atoms with Crippen molar-refractivity contribution in [1.29, 1.82) is 0 Å². The fourth-order valence-electron chi connectivity index (χ4n) is 4.24. The van der Waals surface area contributed by atoms with Gasteiger partial charge in [0.15, 0.2) is 0 Å². The number of aliphatic hydroxyl groups is 1. The van der Waals surface area contributed by atoms with E-state index >= 15 is 0 Å². The van der Waals surface area contributed by atoms with E-state index in [9.17, 15) is 14.7 Å². The summed E-state index contributed by atoms with van der Waals surface area (Å²) in [6.07, 6.45) is 3.16. The minimum atomic E-state index is -0.837. The number of hydrogen-bond acceptors (Lipinski definition) is 6. The van der Waals surface area contributed by atoms with Crippen LogP contribution >= 0.6 is 11.6 Å². The summed E-state index contributed by atoms with van der Waals surface area (Å²) in [6, 6.07) is 14.5. The predicted molar refractivity (Wildman–Crippen MR) is 126 cm³/mol. The number of aliphatic hydroxyl groups excluding tert-OH is 1. The number of nitrogens with zero attached hydrogens (tertiary/aromatic N) is 3. The molecule has 1 aromatic heterocycles. The van der Waals surface area contributed by atoms with Gasteiger partial charge in [-0.2, -0.15) is 0 Å². The maximum atomic E-state index is 13.2. The van der Waals surface area contributed by atoms with Crippen LogP contribution < -0.4 is 14.5 Å². The van der Waals surface area contributed by atoms with Gasteiger partial charge in [-0.1, -0.05) is 17.7 Å². The average Bonchev–Trinajstić information content (AvgIpc) is 3.10. The van der Waals surface area contributed by atoms with E-state index in [1.165, 1.54) is 4.90 Å². The number of fused-ring (bicyclic) bond motifs is 1. The van der Waals surface area contributed by atoms with E-state index in [-0.39, 0.29) is 11.3 Å². The third-order valence-electron chi connectivity index (χ3n) is 5.88. The zero-order chi connectivity index (χ0) is 23.1. The third kappa shape index (κ3) is 3.60. The smallest absolute Gasteiger partial charge is 0.300 e. The number of hydrogen-bond donors (Lipinski definition) is 1. The molecule has 2 aliphatic heterocycles. The van der Waals surface area contributed by atoms with Gasteiger partial charge in [-0.15, -0.1) is 0 Å². The van der Waals surface area contributed by atoms with Crippen LogP contribution in [0, 0.1) is 0 Å². The van der Waals surface area contributed by atoms with Gasteiger partial charge in [-0.05, 0) is 54.1 Å². The number of anilines is 2. The van der Waals surface area contributed by atoms with Gasteiger partial charge in [0.2, 0.25) is 0 Å². The molecule has 1 atom stereocenters. The molecule has 0 aliphatic carbocycles. The molecule has 166 valence electrons. The predicted octanol–water partition coefficient (Wildman–Crippen LogP) is 4.19. The molecule has 7 nitrogen and oxygen atoms in total. The van der Waals surface area contributed by atoms with Crippen molar-refractivity contribution in [3.8, 4) is 5.75 Å². The molecule has 2 aromatic carbocycles. The number of amides is 1. The Morgan fingerprint density at radius 3 is 2.67 bits per heavy atom. The first-order valence-corrected chi connectivity index (χ1v) is 10.8. The van der Waals surface area contributed by atoms with Gasteiger partial charge in [0, 0.05) is 35.7 Å². The lowest BCUT2D eigenvalue weighted by atomic mass is 9.95. The molecule has 8 heteroatoms. The Hall–Kier alpha value is -3.84. The number of halogens is 1. The number of ketones is 1. The van der Waals surface area contributed by atoms with E-state index in [0.717, 1.165) is 5.69 Å². The van der Waals surface area contributed by atoms with Gasteiger partial charge in [-0.3, -0.25) is 19.5 Å². The minimum Gasteiger partial charge on any atom is -0.507 e. The first-order chi connectivity index (χ1) is 16.0. The summed E-state index contributed by atoms with van der Waals surface area (Å²) in [5, 5.41) is 11.8. The van der Waals surface area contributed by atoms with Crippen LogP contribution in [0.3, 0.4) is 0 Å². The fraction of sp³-hybridized carbons (Fsp3) is 0.160. The normalized spacial score (nSPS) is 19.4. The molecular weight excluding hydrogens is 442 g/mol. The number of pyridine rings is 1. The van der Waals surface area contributed by atoms with Gasteiger partial charge in [0.1, 0.15) is 18.1 Å². The summed E-state index contributed by atoms with van der Waals surface area (Å²) in [4.78, 5) is 33.8. The maximum absolute atomic E-state index is 13.2. The van der Waals surface area contributed by atoms with Crippen LogP contribution in [-0.2, 0) is 9.59 Å². The Morgan fingerprint density at radius 2 is 1.91 bits per heavy atom. The number of Topliss-reactive ketones (excluding diaryl/α,β-unsaturated/α-hetero) is 1. The Bertz CT molecular complexity index is 1290. The van der Waals surface area contributed by atoms with Crippen LogP contribution in [0.2, 0.25) is 5.02 Å². The van der Waals surface area contributed by atoms with Crippen LogP contribution in [-0.4, -0.2) is 42.0 Å². The van der Waals surface area contributed by atoms with Crippen molar-refractivity contribution in [3.63, 3.8) is 0 Å². The summed E-state index contributed by atoms with van der Waals surface area (Å²) in [5.74, 6) is -1.05. The van der Waals surface area contributed by atoms with E-state index in [2.05, 4.69) is 4.98 Å². The summed E-state index contributed by atoms with van der Waals surface area (Å²) < 4.78 is 5.68. The van der Waals surface area contributed by atoms with Gasteiger partial charge >= 0.3 is 0 Å². The summed E-state index contributed by atoms with van der Waals surface area (Å²) in [7, 11) is 1.93. The lowest BCUT2D eigenvalue weighted by Crippen LogP contribution is -2.29. The Kier molecular flexibility index (Phi) is 5.26. The van der Waals surface area contributed by atoms with Crippen molar-refractivity contribution >= 4 is 40.4 Å². The number of carbonyl (C=O) groups excluding carboxylic acids is 2. The minimum absolute atomic E-state index is 0.00510. The molecule has 1 unspecified atom stereocenters. The molecule has 0 bridgehead atoms. The summed E-state index contributed by atoms with van der Waals surface area (Å²) in [6.45, 7) is 1.27. The SMILES string of the molecule is CN1CCOc2ccc(/C(O)=C3/C(=O)C(=O)N(c4cccc(Cl)c4)C3c3ccncc3)cc21. The number of benzene rings is 2. The fourth-order valence-corrected chi connectivity index (χ4v) is 4.42. The molecule has 1 N–H and O–H groups in total. The lowest BCUT2D eigenvalue weighted by Gasteiger charge is -2.28. The molecule has 5 rings (SSSR count). The molecule has 1 amide bonds. The number of ether oxygens (including phenoxy) is 1. The molecular formula is C25H20ClN3O4. The zero-order valence-electron chi connectivity index (χ0n) is 17.7. The van der Waals surface area contributed by atoms with E-state index in [4.69, 9.17) is 16.3 Å². The first kappa shape index (κ1) is 21.0. The topological polar surface area (TPSA) is 83.0 Å². The van der Waals surface area contributed by atoms with Crippen molar-refractivity contribution in [2.24, 2.45) is 0 Å². The molecule has 1 fully saturated rings. The third-order valence-corrected chi connectivity index (χ3v) is 6.12. The Morgan fingerprint density at radius 1 is 1.12 bits per heavy atom. The van der Waals surface area contributed by atoms with Crippen molar-refractivity contribution in [1.82, 2.24) is 4.98 Å². The molecule has 0 radical (unpaired) electrons. The van der Waals surface area contributed by atoms with Crippen molar-refractivity contribution in [2.45, 2.75) is 6.04 Å². The molecule has 0 saturated carbocycles. The second-order valence-electron chi connectivity index (χ2n) is 7.88. The molecule has 1 saturated heterocycles. The first-order valence-electron chi connectivity index (χ1n) is 10.4. The summed E-state index contributed by atoms with van der Waals surface area (Å²) in [5.41, 5.74) is 2.34. The average molecular weight is 462 g/mol. The van der Waals surface area contributed by atoms with E-state index in [1.54, 1.807) is 67.0 Å². The second kappa shape index (κ2) is 8.26. The van der Waals surface area contributed by atoms with E-state index < -0.39 is 17.7 Å². The quantitative estimate of drug-likeness (QED) is 0.358. The largest absolute Gasteiger partial charge is 0.507 e. The number of likely N-dealkylation sites (N-methyl/N-ethyl adjacent to an activating group) is 1. The zero-order valence-corrected chi connectivity index (χ0v) is 18.5. The highest BCUT2D eigenvalue weighted by Gasteiger charge is 2.47. The second-order valence-corrected chi connectivity index (χ2v) is 8.32. The number of carbonyl (C=O) groups is 2. The summed E-state index contributed by atoms with van der Waals surface area (Å²) >= 11 is 6.17. The molecule has 3 heterocycles. The van der Waals surface area contributed by atoms with Crippen molar-refractivity contribution in [3.05, 3.63) is 88.7 Å². The number of rotatable bonds is 3. The monoisotopic (exact) mass is 461 g/mol. The van der Waals surface area contributed by atoms with E-state index in [1.807, 2.05) is 11.9 Å². The van der Waals surface area contributed by atoms with Crippen molar-refractivity contribution < 1.29 is 19.4 Å². The molecule has 33 heavy (non-hydrogen) atoms. The molecule has 2 aliphatic rings. The van der Waals surface area contributed by atoms with Crippen LogP contribution in [0.25, 0.3) is 5.76 Å². The Labute approximate surface area is 195 Å². The standard InChI is InChI=1S/C25H20ClN3O4/c1-28-11-12-33-20-6-5-16(13-19(20)28)23(30)21-22(15-7-9-27-10-8-15)29(25(32)24(21)31)18-4-2-3-17(26)14-18/h2-10,13-14,22,30H,11-12H2,1H3/b23-21-. The van der Waals surface area contributed by atoms with Gasteiger partial charge < -0.3 is 14.7 Å². The van der Waals surface area contributed by atoms with Crippen molar-refractivity contribution in [2.75, 3.05) is 30.0 Å². The van der Waals surface area contributed by atoms with E-state index in [0.29, 0.717) is 40.7 Å². The molecule has 3 aromatic rings. The maximum Gasteiger partial charge on any atom is 0.300 e. The van der Waals surface area contributed by atoms with Gasteiger partial charge in [-0.25, -0.2) is 0 Å². The molecule has 0 spiro atoms. The van der Waals surface area contributed by atoms with Gasteiger partial charge in [0.05, 0.1) is 23.8 Å². The number of aromatic nitrogens is 1. The van der Waals surface area contributed by atoms with Crippen LogP contribution in [0.1, 0.15) is 17.2 Å².